The van der Waals surface area contributed by atoms with Gasteiger partial charge in [-0.05, 0) is 36.8 Å². The molecule has 2 amide bonds. The van der Waals surface area contributed by atoms with Gasteiger partial charge in [0, 0.05) is 31.6 Å². The van der Waals surface area contributed by atoms with Crippen LogP contribution in [0.15, 0.2) is 48.5 Å². The zero-order valence-electron chi connectivity index (χ0n) is 17.1. The van der Waals surface area contributed by atoms with Crippen LogP contribution in [0, 0.1) is 18.3 Å². The lowest BCUT2D eigenvalue weighted by molar-refractivity contribution is 0.208. The molecular formula is C23H23N5O2. The zero-order valence-corrected chi connectivity index (χ0v) is 17.1. The number of nitrogens with zero attached hydrogens (tertiary/aromatic N) is 4. The monoisotopic (exact) mass is 401 g/mol. The number of aryl methyl sites for hydroxylation is 1. The number of para-hydroxylation sites is 2. The Bertz CT molecular complexity index is 1130. The summed E-state index contributed by atoms with van der Waals surface area (Å²) in [5, 5.41) is 13.5. The van der Waals surface area contributed by atoms with Crippen molar-refractivity contribution in [3.05, 3.63) is 59.7 Å². The third-order valence-electron chi connectivity index (χ3n) is 5.29. The van der Waals surface area contributed by atoms with Gasteiger partial charge in [-0.25, -0.2) is 9.78 Å². The Hall–Kier alpha value is -3.79. The number of amides is 2. The molecule has 152 valence electrons. The Morgan fingerprint density at radius 2 is 1.90 bits per heavy atom. The van der Waals surface area contributed by atoms with Crippen LogP contribution in [0.1, 0.15) is 11.1 Å². The maximum Gasteiger partial charge on any atom is 0.322 e. The number of pyridine rings is 1. The van der Waals surface area contributed by atoms with E-state index in [9.17, 15) is 10.1 Å². The van der Waals surface area contributed by atoms with Crippen molar-refractivity contribution < 1.29 is 9.53 Å². The standard InChI is InChI=1S/C23H23N5O2/c1-16-7-8-17-14-18(15-24)22(25-20(17)13-16)27-9-11-28(12-10-27)23(29)26-19-5-3-4-6-21(19)30-2/h3-8,13-14H,9-12H2,1-2H3,(H,26,29). The molecule has 30 heavy (non-hydrogen) atoms. The van der Waals surface area contributed by atoms with Crippen LogP contribution < -0.4 is 15.0 Å². The summed E-state index contributed by atoms with van der Waals surface area (Å²) in [7, 11) is 1.58. The summed E-state index contributed by atoms with van der Waals surface area (Å²) in [6.07, 6.45) is 0. The molecule has 0 spiro atoms. The lowest BCUT2D eigenvalue weighted by Gasteiger charge is -2.35. The van der Waals surface area contributed by atoms with Gasteiger partial charge in [-0.15, -0.1) is 0 Å². The fourth-order valence-corrected chi connectivity index (χ4v) is 3.65. The van der Waals surface area contributed by atoms with Crippen molar-refractivity contribution in [1.29, 1.82) is 5.26 Å². The molecule has 0 unspecified atom stereocenters. The molecule has 2 heterocycles. The van der Waals surface area contributed by atoms with Gasteiger partial charge >= 0.3 is 6.03 Å². The van der Waals surface area contributed by atoms with Gasteiger partial charge in [0.2, 0.25) is 0 Å². The zero-order chi connectivity index (χ0) is 21.1. The molecule has 1 aliphatic heterocycles. The summed E-state index contributed by atoms with van der Waals surface area (Å²) in [6, 6.07) is 17.4. The van der Waals surface area contributed by atoms with Gasteiger partial charge in [0.05, 0.1) is 23.9 Å². The molecule has 1 aromatic heterocycles. The van der Waals surface area contributed by atoms with Crippen molar-refractivity contribution in [1.82, 2.24) is 9.88 Å². The highest BCUT2D eigenvalue weighted by Gasteiger charge is 2.24. The third kappa shape index (κ3) is 3.85. The predicted molar refractivity (Wildman–Crippen MR) is 117 cm³/mol. The van der Waals surface area contributed by atoms with Crippen LogP contribution in [0.5, 0.6) is 5.75 Å². The van der Waals surface area contributed by atoms with Gasteiger partial charge in [0.1, 0.15) is 17.6 Å². The first-order valence-corrected chi connectivity index (χ1v) is 9.84. The minimum absolute atomic E-state index is 0.165. The number of carbonyl (C=O) groups is 1. The number of fused-ring (bicyclic) bond motifs is 1. The van der Waals surface area contributed by atoms with E-state index >= 15 is 0 Å². The maximum atomic E-state index is 12.7. The number of hydrogen-bond acceptors (Lipinski definition) is 5. The first kappa shape index (κ1) is 19.5. The van der Waals surface area contributed by atoms with Crippen LogP contribution in [0.25, 0.3) is 10.9 Å². The predicted octanol–water partition coefficient (Wildman–Crippen LogP) is 3.78. The summed E-state index contributed by atoms with van der Waals surface area (Å²) in [6.45, 7) is 4.33. The second-order valence-electron chi connectivity index (χ2n) is 7.27. The van der Waals surface area contributed by atoms with Crippen LogP contribution >= 0.6 is 0 Å². The van der Waals surface area contributed by atoms with Gasteiger partial charge in [-0.1, -0.05) is 24.3 Å². The van der Waals surface area contributed by atoms with Crippen molar-refractivity contribution in [3.8, 4) is 11.8 Å². The Morgan fingerprint density at radius 1 is 1.13 bits per heavy atom. The largest absolute Gasteiger partial charge is 0.495 e. The molecule has 1 aliphatic rings. The number of piperazine rings is 1. The quantitative estimate of drug-likeness (QED) is 0.722. The van der Waals surface area contributed by atoms with Gasteiger partial charge in [0.25, 0.3) is 0 Å². The van der Waals surface area contributed by atoms with E-state index in [1.165, 1.54) is 0 Å². The second kappa shape index (κ2) is 8.29. The molecule has 0 bridgehead atoms. The van der Waals surface area contributed by atoms with Crippen molar-refractivity contribution in [3.63, 3.8) is 0 Å². The molecule has 0 aliphatic carbocycles. The van der Waals surface area contributed by atoms with Gasteiger partial charge in [0.15, 0.2) is 0 Å². The molecule has 0 saturated carbocycles. The van der Waals surface area contributed by atoms with Crippen molar-refractivity contribution in [2.75, 3.05) is 43.5 Å². The Morgan fingerprint density at radius 3 is 2.63 bits per heavy atom. The number of aromatic nitrogens is 1. The second-order valence-corrected chi connectivity index (χ2v) is 7.27. The number of rotatable bonds is 3. The SMILES string of the molecule is COc1ccccc1NC(=O)N1CCN(c2nc3cc(C)ccc3cc2C#N)CC1. The van der Waals surface area contributed by atoms with E-state index < -0.39 is 0 Å². The fourth-order valence-electron chi connectivity index (χ4n) is 3.65. The minimum atomic E-state index is -0.165. The first-order valence-electron chi connectivity index (χ1n) is 9.84. The van der Waals surface area contributed by atoms with E-state index in [1.54, 1.807) is 12.0 Å². The Kier molecular flexibility index (Phi) is 5.40. The highest BCUT2D eigenvalue weighted by atomic mass is 16.5. The van der Waals surface area contributed by atoms with Crippen LogP contribution in [-0.2, 0) is 0 Å². The molecule has 3 aromatic rings. The summed E-state index contributed by atoms with van der Waals surface area (Å²) in [5.41, 5.74) is 3.20. The highest BCUT2D eigenvalue weighted by Crippen LogP contribution is 2.26. The molecular weight excluding hydrogens is 378 g/mol. The summed E-state index contributed by atoms with van der Waals surface area (Å²) >= 11 is 0. The molecule has 7 heteroatoms. The smallest absolute Gasteiger partial charge is 0.322 e. The Labute approximate surface area is 175 Å². The average molecular weight is 401 g/mol. The number of ether oxygens (including phenoxy) is 1. The van der Waals surface area contributed by atoms with Gasteiger partial charge in [-0.2, -0.15) is 5.26 Å². The third-order valence-corrected chi connectivity index (χ3v) is 5.29. The van der Waals surface area contributed by atoms with Crippen molar-refractivity contribution in [2.45, 2.75) is 6.92 Å². The van der Waals surface area contributed by atoms with Gasteiger partial charge < -0.3 is 19.9 Å². The lowest BCUT2D eigenvalue weighted by atomic mass is 10.1. The van der Waals surface area contributed by atoms with E-state index in [0.29, 0.717) is 49.0 Å². The number of nitrogens with one attached hydrogen (secondary N) is 1. The van der Waals surface area contributed by atoms with Crippen LogP contribution in [0.2, 0.25) is 0 Å². The number of hydrogen-bond donors (Lipinski definition) is 1. The number of urea groups is 1. The molecule has 1 N–H and O–H groups in total. The van der Waals surface area contributed by atoms with Crippen LogP contribution in [-0.4, -0.2) is 49.2 Å². The highest BCUT2D eigenvalue weighted by molar-refractivity contribution is 5.91. The normalized spacial score (nSPS) is 13.8. The molecule has 1 fully saturated rings. The summed E-state index contributed by atoms with van der Waals surface area (Å²) in [4.78, 5) is 21.3. The molecule has 7 nitrogen and oxygen atoms in total. The van der Waals surface area contributed by atoms with Crippen LogP contribution in [0.3, 0.4) is 0 Å². The first-order chi connectivity index (χ1) is 14.6. The van der Waals surface area contributed by atoms with Gasteiger partial charge in [-0.3, -0.25) is 0 Å². The average Bonchev–Trinajstić information content (AvgIpc) is 2.78. The molecule has 0 radical (unpaired) electrons. The van der Waals surface area contributed by atoms with E-state index in [1.807, 2.05) is 55.5 Å². The van der Waals surface area contributed by atoms with E-state index in [0.717, 1.165) is 16.5 Å². The summed E-state index contributed by atoms with van der Waals surface area (Å²) in [5.74, 6) is 1.30. The van der Waals surface area contributed by atoms with E-state index in [-0.39, 0.29) is 6.03 Å². The number of carbonyl (C=O) groups excluding carboxylic acids is 1. The molecule has 2 aromatic carbocycles. The molecule has 1 saturated heterocycles. The minimum Gasteiger partial charge on any atom is -0.495 e. The summed E-state index contributed by atoms with van der Waals surface area (Å²) < 4.78 is 5.30. The number of nitriles is 1. The van der Waals surface area contributed by atoms with Crippen molar-refractivity contribution in [2.24, 2.45) is 0 Å². The van der Waals surface area contributed by atoms with E-state index in [2.05, 4.69) is 16.3 Å². The maximum absolute atomic E-state index is 12.7. The van der Waals surface area contributed by atoms with Crippen molar-refractivity contribution >= 4 is 28.4 Å². The topological polar surface area (TPSA) is 81.5 Å². The molecule has 0 atom stereocenters. The number of benzene rings is 2. The fraction of sp³-hybridized carbons (Fsp3) is 0.261. The van der Waals surface area contributed by atoms with E-state index in [4.69, 9.17) is 9.72 Å². The Balaban J connectivity index is 1.48. The van der Waals surface area contributed by atoms with Crippen LogP contribution in [0.4, 0.5) is 16.3 Å². The lowest BCUT2D eigenvalue weighted by Crippen LogP contribution is -2.50. The number of anilines is 2. The number of methoxy groups -OCH3 is 1. The molecule has 4 rings (SSSR count).